The molecule has 0 saturated carbocycles. The molecule has 0 aromatic heterocycles. The third-order valence-electron chi connectivity index (χ3n) is 6.15. The van der Waals surface area contributed by atoms with Gasteiger partial charge in [0.2, 0.25) is 5.91 Å². The van der Waals surface area contributed by atoms with Crippen LogP contribution in [0.25, 0.3) is 0 Å². The summed E-state index contributed by atoms with van der Waals surface area (Å²) in [5.41, 5.74) is 0.924. The highest BCUT2D eigenvalue weighted by Gasteiger charge is 2.51. The number of methoxy groups -OCH3 is 1. The Kier molecular flexibility index (Phi) is 6.24. The Hall–Kier alpha value is -3.59. The summed E-state index contributed by atoms with van der Waals surface area (Å²) in [7, 11) is 1.53. The van der Waals surface area contributed by atoms with Crippen molar-refractivity contribution in [2.75, 3.05) is 43.6 Å². The fourth-order valence-electron chi connectivity index (χ4n) is 4.08. The van der Waals surface area contributed by atoms with Gasteiger partial charge in [-0.05, 0) is 55.8 Å². The van der Waals surface area contributed by atoms with Crippen LogP contribution in [0.5, 0.6) is 5.75 Å². The lowest BCUT2D eigenvalue weighted by atomic mass is 9.91. The molecule has 4 rings (SSSR count). The van der Waals surface area contributed by atoms with E-state index < -0.39 is 29.4 Å². The lowest BCUT2D eigenvalue weighted by molar-refractivity contribution is -0.136. The fourth-order valence-corrected chi connectivity index (χ4v) is 4.08. The van der Waals surface area contributed by atoms with Crippen LogP contribution in [0.3, 0.4) is 0 Å². The molecule has 2 saturated heterocycles. The number of anilines is 2. The molecule has 2 aliphatic rings. The van der Waals surface area contributed by atoms with Gasteiger partial charge in [-0.25, -0.2) is 9.69 Å². The van der Waals surface area contributed by atoms with Crippen molar-refractivity contribution >= 4 is 29.2 Å². The first-order valence-corrected chi connectivity index (χ1v) is 10.9. The molecule has 4 amide bonds. The Morgan fingerprint density at radius 1 is 1.15 bits per heavy atom. The van der Waals surface area contributed by atoms with Crippen molar-refractivity contribution < 1.29 is 23.9 Å². The number of urea groups is 1. The average molecular weight is 453 g/mol. The van der Waals surface area contributed by atoms with Gasteiger partial charge in [0.1, 0.15) is 17.3 Å². The largest absolute Gasteiger partial charge is 0.497 e. The first kappa shape index (κ1) is 22.6. The molecule has 2 aromatic carbocycles. The molecule has 174 valence electrons. The fraction of sp³-hybridized carbons (Fsp3) is 0.375. The van der Waals surface area contributed by atoms with E-state index in [-0.39, 0.29) is 0 Å². The molecule has 2 atom stereocenters. The van der Waals surface area contributed by atoms with Gasteiger partial charge in [-0.3, -0.25) is 9.59 Å². The number of carbonyl (C=O) groups excluding carboxylic acids is 3. The molecule has 0 unspecified atom stereocenters. The van der Waals surface area contributed by atoms with Gasteiger partial charge in [0, 0.05) is 24.5 Å². The summed E-state index contributed by atoms with van der Waals surface area (Å²) in [6, 6.07) is 12.8. The SMILES string of the molecule is COc1cccc([C@@]2(C)NC(=O)N([C@H](C)C(=O)Nc3ccc(N4CCOCC4)cc3)C2=O)c1. The molecular weight excluding hydrogens is 424 g/mol. The highest BCUT2D eigenvalue weighted by Crippen LogP contribution is 2.32. The van der Waals surface area contributed by atoms with Crippen LogP contribution in [0, 0.1) is 0 Å². The molecule has 9 nitrogen and oxygen atoms in total. The summed E-state index contributed by atoms with van der Waals surface area (Å²) in [4.78, 5) is 42.1. The van der Waals surface area contributed by atoms with Gasteiger partial charge in [0.05, 0.1) is 20.3 Å². The van der Waals surface area contributed by atoms with E-state index in [0.717, 1.165) is 23.7 Å². The highest BCUT2D eigenvalue weighted by atomic mass is 16.5. The third-order valence-corrected chi connectivity index (χ3v) is 6.15. The number of nitrogens with one attached hydrogen (secondary N) is 2. The van der Waals surface area contributed by atoms with Gasteiger partial charge in [-0.1, -0.05) is 12.1 Å². The number of benzene rings is 2. The lowest BCUT2D eigenvalue weighted by Gasteiger charge is -2.29. The quantitative estimate of drug-likeness (QED) is 0.653. The Bertz CT molecular complexity index is 1050. The van der Waals surface area contributed by atoms with Gasteiger partial charge >= 0.3 is 6.03 Å². The third kappa shape index (κ3) is 4.36. The Morgan fingerprint density at radius 2 is 1.85 bits per heavy atom. The zero-order valence-corrected chi connectivity index (χ0v) is 19.0. The number of imide groups is 1. The zero-order chi connectivity index (χ0) is 23.6. The van der Waals surface area contributed by atoms with E-state index in [2.05, 4.69) is 15.5 Å². The summed E-state index contributed by atoms with van der Waals surface area (Å²) in [6.45, 7) is 6.18. The number of hydrogen-bond acceptors (Lipinski definition) is 6. The second-order valence-electron chi connectivity index (χ2n) is 8.27. The van der Waals surface area contributed by atoms with Crippen LogP contribution >= 0.6 is 0 Å². The van der Waals surface area contributed by atoms with E-state index in [0.29, 0.717) is 30.2 Å². The maximum Gasteiger partial charge on any atom is 0.326 e. The number of amides is 4. The molecule has 2 N–H and O–H groups in total. The van der Waals surface area contributed by atoms with Crippen LogP contribution < -0.4 is 20.3 Å². The molecule has 9 heteroatoms. The second-order valence-corrected chi connectivity index (χ2v) is 8.27. The minimum absolute atomic E-state index is 0.451. The topological polar surface area (TPSA) is 100 Å². The predicted octanol–water partition coefficient (Wildman–Crippen LogP) is 2.33. The summed E-state index contributed by atoms with van der Waals surface area (Å²) in [5, 5.41) is 5.53. The van der Waals surface area contributed by atoms with E-state index in [4.69, 9.17) is 9.47 Å². The van der Waals surface area contributed by atoms with Crippen molar-refractivity contribution in [3.05, 3.63) is 54.1 Å². The van der Waals surface area contributed by atoms with Gasteiger partial charge < -0.3 is 25.0 Å². The predicted molar refractivity (Wildman–Crippen MR) is 123 cm³/mol. The molecule has 2 heterocycles. The van der Waals surface area contributed by atoms with Gasteiger partial charge in [-0.15, -0.1) is 0 Å². The Labute approximate surface area is 192 Å². The van der Waals surface area contributed by atoms with Crippen LogP contribution in [0.1, 0.15) is 19.4 Å². The molecule has 2 fully saturated rings. The summed E-state index contributed by atoms with van der Waals surface area (Å²) in [5.74, 6) is -0.376. The Morgan fingerprint density at radius 3 is 2.52 bits per heavy atom. The number of ether oxygens (including phenoxy) is 2. The zero-order valence-electron chi connectivity index (χ0n) is 19.0. The highest BCUT2D eigenvalue weighted by molar-refractivity contribution is 6.11. The number of nitrogens with zero attached hydrogens (tertiary/aromatic N) is 2. The van der Waals surface area contributed by atoms with E-state index in [1.54, 1.807) is 31.2 Å². The van der Waals surface area contributed by atoms with Crippen molar-refractivity contribution in [2.45, 2.75) is 25.4 Å². The second kappa shape index (κ2) is 9.11. The van der Waals surface area contributed by atoms with Crippen molar-refractivity contribution in [2.24, 2.45) is 0 Å². The van der Waals surface area contributed by atoms with Crippen LogP contribution in [0.4, 0.5) is 16.2 Å². The van der Waals surface area contributed by atoms with E-state index in [1.165, 1.54) is 14.0 Å². The van der Waals surface area contributed by atoms with Gasteiger partial charge in [0.25, 0.3) is 5.91 Å². The standard InChI is InChI=1S/C24H28N4O5/c1-16(21(29)25-18-7-9-19(10-8-18)27-11-13-33-14-12-27)28-22(30)24(2,26-23(28)31)17-5-4-6-20(15-17)32-3/h4-10,15-16H,11-14H2,1-3H3,(H,25,29)(H,26,31)/t16-,24-/m1/s1. The first-order valence-electron chi connectivity index (χ1n) is 10.9. The van der Waals surface area contributed by atoms with Gasteiger partial charge in [-0.2, -0.15) is 0 Å². The molecular formula is C24H28N4O5. The van der Waals surface area contributed by atoms with Crippen molar-refractivity contribution in [1.82, 2.24) is 10.2 Å². The smallest absolute Gasteiger partial charge is 0.326 e. The van der Waals surface area contributed by atoms with E-state index in [1.807, 2.05) is 24.3 Å². The minimum Gasteiger partial charge on any atom is -0.497 e. The summed E-state index contributed by atoms with van der Waals surface area (Å²) >= 11 is 0. The van der Waals surface area contributed by atoms with Crippen molar-refractivity contribution in [3.63, 3.8) is 0 Å². The van der Waals surface area contributed by atoms with Crippen molar-refractivity contribution in [3.8, 4) is 5.75 Å². The number of rotatable bonds is 6. The monoisotopic (exact) mass is 452 g/mol. The van der Waals surface area contributed by atoms with Crippen LogP contribution in [-0.2, 0) is 19.9 Å². The van der Waals surface area contributed by atoms with E-state index in [9.17, 15) is 14.4 Å². The molecule has 33 heavy (non-hydrogen) atoms. The molecule has 0 aliphatic carbocycles. The summed E-state index contributed by atoms with van der Waals surface area (Å²) in [6.07, 6.45) is 0. The maximum absolute atomic E-state index is 13.3. The van der Waals surface area contributed by atoms with Crippen LogP contribution in [-0.4, -0.2) is 62.2 Å². The normalized spacial score (nSPS) is 21.5. The number of morpholine rings is 1. The number of hydrogen-bond donors (Lipinski definition) is 2. The molecule has 0 radical (unpaired) electrons. The van der Waals surface area contributed by atoms with Gasteiger partial charge in [0.15, 0.2) is 0 Å². The van der Waals surface area contributed by atoms with Crippen molar-refractivity contribution in [1.29, 1.82) is 0 Å². The molecule has 2 aromatic rings. The minimum atomic E-state index is -1.29. The first-order chi connectivity index (χ1) is 15.8. The number of carbonyl (C=O) groups is 3. The molecule has 2 aliphatic heterocycles. The average Bonchev–Trinajstić information content (AvgIpc) is 3.08. The molecule has 0 spiro atoms. The maximum atomic E-state index is 13.3. The Balaban J connectivity index is 1.45. The van der Waals surface area contributed by atoms with Crippen LogP contribution in [0.2, 0.25) is 0 Å². The molecule has 0 bridgehead atoms. The van der Waals surface area contributed by atoms with Crippen LogP contribution in [0.15, 0.2) is 48.5 Å². The lowest BCUT2D eigenvalue weighted by Crippen LogP contribution is -2.47. The summed E-state index contributed by atoms with van der Waals surface area (Å²) < 4.78 is 10.6. The van der Waals surface area contributed by atoms with E-state index >= 15 is 0 Å².